The molecule has 0 fully saturated rings. The van der Waals surface area contributed by atoms with Crippen LogP contribution in [0.15, 0.2) is 82.2 Å². The van der Waals surface area contributed by atoms with Crippen molar-refractivity contribution in [2.24, 2.45) is 0 Å². The van der Waals surface area contributed by atoms with E-state index >= 15 is 0 Å². The molecule has 3 aromatic carbocycles. The van der Waals surface area contributed by atoms with E-state index in [2.05, 4.69) is 30.6 Å². The van der Waals surface area contributed by atoms with E-state index in [0.29, 0.717) is 27.0 Å². The fourth-order valence-corrected chi connectivity index (χ4v) is 4.26. The highest BCUT2D eigenvalue weighted by atomic mass is 79.9. The standard InChI is InChI=1S/C19H14BrN3O2S/c20-15-8-4-5-9-16(15)23-26(24,25)14-10-11-17-18(12-14)22-19(21-17)13-6-2-1-3-7-13/h1-12,23H,(H,21,22). The van der Waals surface area contributed by atoms with E-state index < -0.39 is 10.0 Å². The highest BCUT2D eigenvalue weighted by Gasteiger charge is 2.17. The molecule has 2 N–H and O–H groups in total. The summed E-state index contributed by atoms with van der Waals surface area (Å²) >= 11 is 3.35. The van der Waals surface area contributed by atoms with Gasteiger partial charge in [-0.1, -0.05) is 42.5 Å². The number of hydrogen-bond donors (Lipinski definition) is 2. The topological polar surface area (TPSA) is 74.8 Å². The SMILES string of the molecule is O=S(=O)(Nc1ccccc1Br)c1ccc2nc(-c3ccccc3)[nH]c2c1. The van der Waals surface area contributed by atoms with E-state index in [1.165, 1.54) is 0 Å². The van der Waals surface area contributed by atoms with Crippen LogP contribution in [-0.2, 0) is 10.0 Å². The number of rotatable bonds is 4. The lowest BCUT2D eigenvalue weighted by molar-refractivity contribution is 0.601. The number of anilines is 1. The molecule has 0 bridgehead atoms. The smallest absolute Gasteiger partial charge is 0.262 e. The third-order valence-electron chi connectivity index (χ3n) is 3.93. The van der Waals surface area contributed by atoms with Crippen LogP contribution in [0.5, 0.6) is 0 Å². The molecule has 7 heteroatoms. The van der Waals surface area contributed by atoms with Gasteiger partial charge in [-0.2, -0.15) is 0 Å². The third-order valence-corrected chi connectivity index (χ3v) is 5.98. The molecular weight excluding hydrogens is 414 g/mol. The molecule has 0 saturated carbocycles. The van der Waals surface area contributed by atoms with Gasteiger partial charge in [0.2, 0.25) is 0 Å². The second-order valence-corrected chi connectivity index (χ2v) is 8.25. The van der Waals surface area contributed by atoms with Crippen molar-refractivity contribution in [1.29, 1.82) is 0 Å². The Morgan fingerprint density at radius 2 is 1.65 bits per heavy atom. The molecule has 26 heavy (non-hydrogen) atoms. The third kappa shape index (κ3) is 3.23. The fourth-order valence-electron chi connectivity index (χ4n) is 2.64. The molecule has 0 aliphatic carbocycles. The summed E-state index contributed by atoms with van der Waals surface area (Å²) in [6.07, 6.45) is 0. The van der Waals surface area contributed by atoms with Gasteiger partial charge in [-0.15, -0.1) is 0 Å². The van der Waals surface area contributed by atoms with Crippen molar-refractivity contribution < 1.29 is 8.42 Å². The average Bonchev–Trinajstić information content (AvgIpc) is 3.07. The Bertz CT molecular complexity index is 1190. The van der Waals surface area contributed by atoms with E-state index in [-0.39, 0.29) is 4.90 Å². The van der Waals surface area contributed by atoms with Crippen LogP contribution in [0.2, 0.25) is 0 Å². The number of H-pyrrole nitrogens is 1. The maximum Gasteiger partial charge on any atom is 0.262 e. The van der Waals surface area contributed by atoms with Crippen molar-refractivity contribution in [2.75, 3.05) is 4.72 Å². The summed E-state index contributed by atoms with van der Waals surface area (Å²) in [7, 11) is -3.71. The molecule has 1 aromatic heterocycles. The summed E-state index contributed by atoms with van der Waals surface area (Å²) in [5.74, 6) is 0.703. The minimum atomic E-state index is -3.71. The van der Waals surface area contributed by atoms with E-state index in [9.17, 15) is 8.42 Å². The maximum atomic E-state index is 12.7. The first kappa shape index (κ1) is 16.8. The zero-order valence-corrected chi connectivity index (χ0v) is 15.9. The lowest BCUT2D eigenvalue weighted by Gasteiger charge is -2.09. The summed E-state index contributed by atoms with van der Waals surface area (Å²) in [4.78, 5) is 7.88. The molecule has 0 aliphatic heterocycles. The molecule has 0 radical (unpaired) electrons. The predicted molar refractivity (Wildman–Crippen MR) is 106 cm³/mol. The van der Waals surface area contributed by atoms with E-state index in [0.717, 1.165) is 5.56 Å². The number of hydrogen-bond acceptors (Lipinski definition) is 3. The minimum Gasteiger partial charge on any atom is -0.338 e. The summed E-state index contributed by atoms with van der Waals surface area (Å²) < 4.78 is 28.7. The van der Waals surface area contributed by atoms with Crippen LogP contribution in [0.1, 0.15) is 0 Å². The van der Waals surface area contributed by atoms with Gasteiger partial charge in [0.05, 0.1) is 21.6 Å². The number of imidazole rings is 1. The normalized spacial score (nSPS) is 11.6. The second-order valence-electron chi connectivity index (χ2n) is 5.72. The molecule has 0 amide bonds. The molecular formula is C19H14BrN3O2S. The zero-order valence-electron chi connectivity index (χ0n) is 13.5. The number of halogens is 1. The monoisotopic (exact) mass is 427 g/mol. The maximum absolute atomic E-state index is 12.7. The minimum absolute atomic E-state index is 0.170. The number of para-hydroxylation sites is 1. The van der Waals surface area contributed by atoms with Crippen molar-refractivity contribution in [3.05, 3.63) is 77.3 Å². The van der Waals surface area contributed by atoms with Gasteiger partial charge in [0.25, 0.3) is 10.0 Å². The van der Waals surface area contributed by atoms with Crippen molar-refractivity contribution in [3.8, 4) is 11.4 Å². The molecule has 130 valence electrons. The van der Waals surface area contributed by atoms with E-state index in [4.69, 9.17) is 0 Å². The van der Waals surface area contributed by atoms with Crippen LogP contribution in [0.3, 0.4) is 0 Å². The fraction of sp³-hybridized carbons (Fsp3) is 0. The molecule has 4 aromatic rings. The quantitative estimate of drug-likeness (QED) is 0.491. The van der Waals surface area contributed by atoms with Gasteiger partial charge in [-0.3, -0.25) is 4.72 Å². The number of nitrogens with zero attached hydrogens (tertiary/aromatic N) is 1. The lowest BCUT2D eigenvalue weighted by atomic mass is 10.2. The number of benzene rings is 3. The molecule has 0 aliphatic rings. The Kier molecular flexibility index (Phi) is 4.26. The first-order chi connectivity index (χ1) is 12.5. The predicted octanol–water partition coefficient (Wildman–Crippen LogP) is 4.79. The summed E-state index contributed by atoms with van der Waals surface area (Å²) in [6.45, 7) is 0. The van der Waals surface area contributed by atoms with E-state index in [1.54, 1.807) is 36.4 Å². The van der Waals surface area contributed by atoms with Crippen LogP contribution < -0.4 is 4.72 Å². The Morgan fingerprint density at radius 3 is 2.42 bits per heavy atom. The van der Waals surface area contributed by atoms with Crippen molar-refractivity contribution in [2.45, 2.75) is 4.90 Å². The Morgan fingerprint density at radius 1 is 0.923 bits per heavy atom. The highest BCUT2D eigenvalue weighted by Crippen LogP contribution is 2.26. The highest BCUT2D eigenvalue weighted by molar-refractivity contribution is 9.10. The number of aromatic nitrogens is 2. The van der Waals surface area contributed by atoms with Crippen LogP contribution in [-0.4, -0.2) is 18.4 Å². The lowest BCUT2D eigenvalue weighted by Crippen LogP contribution is -2.13. The zero-order chi connectivity index (χ0) is 18.1. The molecule has 0 unspecified atom stereocenters. The van der Waals surface area contributed by atoms with Gasteiger partial charge in [0.1, 0.15) is 5.82 Å². The summed E-state index contributed by atoms with van der Waals surface area (Å²) in [5, 5.41) is 0. The number of sulfonamides is 1. The Hall–Kier alpha value is -2.64. The Labute approximate surface area is 159 Å². The van der Waals surface area contributed by atoms with Crippen molar-refractivity contribution in [1.82, 2.24) is 9.97 Å². The van der Waals surface area contributed by atoms with Gasteiger partial charge < -0.3 is 4.98 Å². The van der Waals surface area contributed by atoms with Crippen molar-refractivity contribution in [3.63, 3.8) is 0 Å². The van der Waals surface area contributed by atoms with Crippen LogP contribution in [0.25, 0.3) is 22.4 Å². The van der Waals surface area contributed by atoms with E-state index in [1.807, 2.05) is 36.4 Å². The molecule has 0 spiro atoms. The van der Waals surface area contributed by atoms with Crippen molar-refractivity contribution >= 4 is 42.7 Å². The number of fused-ring (bicyclic) bond motifs is 1. The van der Waals surface area contributed by atoms with Gasteiger partial charge in [-0.25, -0.2) is 13.4 Å². The summed E-state index contributed by atoms with van der Waals surface area (Å²) in [6, 6.07) is 21.6. The molecule has 0 saturated heterocycles. The van der Waals surface area contributed by atoms with Crippen LogP contribution in [0.4, 0.5) is 5.69 Å². The average molecular weight is 428 g/mol. The van der Waals surface area contributed by atoms with Gasteiger partial charge in [-0.05, 0) is 46.3 Å². The van der Waals surface area contributed by atoms with Crippen LogP contribution >= 0.6 is 15.9 Å². The number of nitrogens with one attached hydrogen (secondary N) is 2. The molecule has 0 atom stereocenters. The molecule has 4 rings (SSSR count). The van der Waals surface area contributed by atoms with Gasteiger partial charge >= 0.3 is 0 Å². The molecule has 1 heterocycles. The van der Waals surface area contributed by atoms with Crippen LogP contribution in [0, 0.1) is 0 Å². The van der Waals surface area contributed by atoms with Gasteiger partial charge in [0.15, 0.2) is 0 Å². The first-order valence-electron chi connectivity index (χ1n) is 7.85. The van der Waals surface area contributed by atoms with Gasteiger partial charge in [0, 0.05) is 10.0 Å². The Balaban J connectivity index is 1.72. The second kappa shape index (κ2) is 6.59. The largest absolute Gasteiger partial charge is 0.338 e. The first-order valence-corrected chi connectivity index (χ1v) is 10.1. The number of aromatic amines is 1. The molecule has 5 nitrogen and oxygen atoms in total. The summed E-state index contributed by atoms with van der Waals surface area (Å²) in [5.41, 5.74) is 2.81.